The Bertz CT molecular complexity index is 708. The molecule has 122 valence electrons. The van der Waals surface area contributed by atoms with Crippen molar-refractivity contribution in [2.45, 2.75) is 13.3 Å². The maximum atomic E-state index is 13.3. The van der Waals surface area contributed by atoms with E-state index in [1.807, 2.05) is 21.0 Å². The standard InChI is InChI=1S/C16H18BrFN4O/c1-10(6-11-4-5-13(18)12(17)7-11)16(23)21-14-8-19-9-20-15(14)22(2)3/h4-5,7-10H,6H2,1-3H3,(H,21,23). The van der Waals surface area contributed by atoms with E-state index in [0.717, 1.165) is 5.56 Å². The molecule has 0 fully saturated rings. The molecular weight excluding hydrogens is 363 g/mol. The molecule has 1 aromatic heterocycles. The molecule has 0 saturated carbocycles. The van der Waals surface area contributed by atoms with Gasteiger partial charge in [-0.05, 0) is 40.0 Å². The summed E-state index contributed by atoms with van der Waals surface area (Å²) in [6.45, 7) is 1.83. The van der Waals surface area contributed by atoms with E-state index in [9.17, 15) is 9.18 Å². The highest BCUT2D eigenvalue weighted by Gasteiger charge is 2.17. The molecule has 1 heterocycles. The van der Waals surface area contributed by atoms with Gasteiger partial charge in [0.2, 0.25) is 5.91 Å². The molecule has 2 rings (SSSR count). The fourth-order valence-corrected chi connectivity index (χ4v) is 2.56. The van der Waals surface area contributed by atoms with Crippen LogP contribution in [-0.2, 0) is 11.2 Å². The third-order valence-corrected chi connectivity index (χ3v) is 3.95. The van der Waals surface area contributed by atoms with Crippen molar-refractivity contribution in [2.24, 2.45) is 5.92 Å². The van der Waals surface area contributed by atoms with Crippen molar-refractivity contribution in [3.63, 3.8) is 0 Å². The van der Waals surface area contributed by atoms with Gasteiger partial charge in [-0.25, -0.2) is 14.4 Å². The number of rotatable bonds is 5. The lowest BCUT2D eigenvalue weighted by Crippen LogP contribution is -2.24. The summed E-state index contributed by atoms with van der Waals surface area (Å²) in [7, 11) is 3.69. The number of carbonyl (C=O) groups is 1. The topological polar surface area (TPSA) is 58.1 Å². The summed E-state index contributed by atoms with van der Waals surface area (Å²) in [5.41, 5.74) is 1.45. The van der Waals surface area contributed by atoms with Crippen molar-refractivity contribution >= 4 is 33.3 Å². The van der Waals surface area contributed by atoms with E-state index in [2.05, 4.69) is 31.2 Å². The third-order valence-electron chi connectivity index (χ3n) is 3.35. The molecule has 0 aliphatic carbocycles. The van der Waals surface area contributed by atoms with Gasteiger partial charge in [0, 0.05) is 20.0 Å². The summed E-state index contributed by atoms with van der Waals surface area (Å²) in [5, 5.41) is 2.85. The minimum absolute atomic E-state index is 0.136. The smallest absolute Gasteiger partial charge is 0.227 e. The monoisotopic (exact) mass is 380 g/mol. The maximum Gasteiger partial charge on any atom is 0.227 e. The molecule has 0 aliphatic heterocycles. The van der Waals surface area contributed by atoms with E-state index < -0.39 is 0 Å². The Balaban J connectivity index is 2.07. The molecule has 0 bridgehead atoms. The first kappa shape index (κ1) is 17.3. The zero-order valence-corrected chi connectivity index (χ0v) is 14.8. The number of hydrogen-bond donors (Lipinski definition) is 1. The summed E-state index contributed by atoms with van der Waals surface area (Å²) in [5.74, 6) is -0.0843. The zero-order valence-electron chi connectivity index (χ0n) is 13.2. The van der Waals surface area contributed by atoms with Crippen molar-refractivity contribution in [3.8, 4) is 0 Å². The van der Waals surface area contributed by atoms with Crippen LogP contribution in [0, 0.1) is 11.7 Å². The van der Waals surface area contributed by atoms with Crippen LogP contribution in [0.3, 0.4) is 0 Å². The van der Waals surface area contributed by atoms with Crippen molar-refractivity contribution in [2.75, 3.05) is 24.3 Å². The molecule has 2 aromatic rings. The summed E-state index contributed by atoms with van der Waals surface area (Å²) < 4.78 is 13.7. The van der Waals surface area contributed by atoms with Gasteiger partial charge in [-0.15, -0.1) is 0 Å². The number of nitrogens with one attached hydrogen (secondary N) is 1. The Labute approximate surface area is 143 Å². The Hall–Kier alpha value is -2.02. The quantitative estimate of drug-likeness (QED) is 0.864. The average molecular weight is 381 g/mol. The highest BCUT2D eigenvalue weighted by atomic mass is 79.9. The summed E-state index contributed by atoms with van der Waals surface area (Å²) in [4.78, 5) is 22.3. The minimum atomic E-state index is -0.317. The zero-order chi connectivity index (χ0) is 17.0. The van der Waals surface area contributed by atoms with Gasteiger partial charge in [-0.2, -0.15) is 0 Å². The summed E-state index contributed by atoms with van der Waals surface area (Å²) in [6, 6.07) is 4.76. The number of halogens is 2. The van der Waals surface area contributed by atoms with Crippen LogP contribution in [0.5, 0.6) is 0 Å². The number of hydrogen-bond acceptors (Lipinski definition) is 4. The molecule has 1 amide bonds. The lowest BCUT2D eigenvalue weighted by molar-refractivity contribution is -0.119. The normalized spacial score (nSPS) is 11.9. The third kappa shape index (κ3) is 4.48. The van der Waals surface area contributed by atoms with Crippen LogP contribution in [0.25, 0.3) is 0 Å². The van der Waals surface area contributed by atoms with Crippen molar-refractivity contribution < 1.29 is 9.18 Å². The molecule has 1 atom stereocenters. The molecule has 7 heteroatoms. The lowest BCUT2D eigenvalue weighted by Gasteiger charge is -2.17. The summed E-state index contributed by atoms with van der Waals surface area (Å²) in [6.07, 6.45) is 3.52. The van der Waals surface area contributed by atoms with Gasteiger partial charge in [0.05, 0.1) is 10.7 Å². The van der Waals surface area contributed by atoms with Gasteiger partial charge >= 0.3 is 0 Å². The average Bonchev–Trinajstić information content (AvgIpc) is 2.51. The second-order valence-electron chi connectivity index (χ2n) is 5.50. The number of amides is 1. The molecule has 0 aliphatic rings. The number of aromatic nitrogens is 2. The molecule has 1 aromatic carbocycles. The second kappa shape index (κ2) is 7.50. The first-order chi connectivity index (χ1) is 10.9. The predicted molar refractivity (Wildman–Crippen MR) is 92.0 cm³/mol. The first-order valence-corrected chi connectivity index (χ1v) is 7.90. The van der Waals surface area contributed by atoms with Crippen LogP contribution in [0.15, 0.2) is 35.2 Å². The van der Waals surface area contributed by atoms with E-state index in [0.29, 0.717) is 22.4 Å². The van der Waals surface area contributed by atoms with Crippen molar-refractivity contribution in [3.05, 3.63) is 46.6 Å². The van der Waals surface area contributed by atoms with Gasteiger partial charge in [0.15, 0.2) is 5.82 Å². The van der Waals surface area contributed by atoms with Crippen molar-refractivity contribution in [1.82, 2.24) is 9.97 Å². The van der Waals surface area contributed by atoms with E-state index >= 15 is 0 Å². The van der Waals surface area contributed by atoms with Gasteiger partial charge in [0.25, 0.3) is 0 Å². The Morgan fingerprint density at radius 2 is 2.17 bits per heavy atom. The Morgan fingerprint density at radius 1 is 1.43 bits per heavy atom. The van der Waals surface area contributed by atoms with Crippen LogP contribution in [-0.4, -0.2) is 30.0 Å². The molecule has 23 heavy (non-hydrogen) atoms. The number of benzene rings is 1. The van der Waals surface area contributed by atoms with E-state index in [4.69, 9.17) is 0 Å². The second-order valence-corrected chi connectivity index (χ2v) is 6.35. The number of nitrogens with zero attached hydrogens (tertiary/aromatic N) is 3. The van der Waals surface area contributed by atoms with Gasteiger partial charge in [0.1, 0.15) is 17.8 Å². The van der Waals surface area contributed by atoms with Crippen molar-refractivity contribution in [1.29, 1.82) is 0 Å². The summed E-state index contributed by atoms with van der Waals surface area (Å²) >= 11 is 3.15. The van der Waals surface area contributed by atoms with Crippen LogP contribution >= 0.6 is 15.9 Å². The molecular formula is C16H18BrFN4O. The van der Waals surface area contributed by atoms with Gasteiger partial charge in [-0.1, -0.05) is 13.0 Å². The fourth-order valence-electron chi connectivity index (χ4n) is 2.14. The van der Waals surface area contributed by atoms with Gasteiger partial charge in [-0.3, -0.25) is 4.79 Å². The first-order valence-electron chi connectivity index (χ1n) is 7.10. The highest BCUT2D eigenvalue weighted by molar-refractivity contribution is 9.10. The van der Waals surface area contributed by atoms with E-state index in [1.54, 1.807) is 23.2 Å². The molecule has 1 unspecified atom stereocenters. The van der Waals surface area contributed by atoms with E-state index in [1.165, 1.54) is 12.4 Å². The predicted octanol–water partition coefficient (Wildman–Crippen LogP) is 3.26. The van der Waals surface area contributed by atoms with Crippen LogP contribution in [0.2, 0.25) is 0 Å². The fraction of sp³-hybridized carbons (Fsp3) is 0.312. The molecule has 0 radical (unpaired) electrons. The maximum absolute atomic E-state index is 13.3. The molecule has 1 N–H and O–H groups in total. The van der Waals surface area contributed by atoms with Gasteiger partial charge < -0.3 is 10.2 Å². The molecule has 0 spiro atoms. The van der Waals surface area contributed by atoms with Crippen LogP contribution < -0.4 is 10.2 Å². The highest BCUT2D eigenvalue weighted by Crippen LogP contribution is 2.22. The molecule has 0 saturated heterocycles. The largest absolute Gasteiger partial charge is 0.361 e. The van der Waals surface area contributed by atoms with E-state index in [-0.39, 0.29) is 17.6 Å². The minimum Gasteiger partial charge on any atom is -0.361 e. The Morgan fingerprint density at radius 3 is 2.83 bits per heavy atom. The number of anilines is 2. The Kier molecular flexibility index (Phi) is 5.65. The lowest BCUT2D eigenvalue weighted by atomic mass is 10.0. The molecule has 5 nitrogen and oxygen atoms in total. The number of carbonyl (C=O) groups excluding carboxylic acids is 1. The van der Waals surface area contributed by atoms with Crippen LogP contribution in [0.4, 0.5) is 15.9 Å². The van der Waals surface area contributed by atoms with Crippen LogP contribution in [0.1, 0.15) is 12.5 Å². The SMILES string of the molecule is CC(Cc1ccc(F)c(Br)c1)C(=O)Nc1cncnc1N(C)C.